The molecule has 2 aliphatic heterocycles. The molecule has 0 aliphatic carbocycles. The zero-order valence-electron chi connectivity index (χ0n) is 13.1. The van der Waals surface area contributed by atoms with E-state index in [0.717, 1.165) is 50.7 Å². The topological polar surface area (TPSA) is 30.5 Å². The smallest absolute Gasteiger partial charge is 0.122 e. The molecule has 0 radical (unpaired) electrons. The molecule has 116 valence electrons. The van der Waals surface area contributed by atoms with E-state index in [0.29, 0.717) is 5.92 Å². The van der Waals surface area contributed by atoms with Gasteiger partial charge in [-0.3, -0.25) is 0 Å². The highest BCUT2D eigenvalue weighted by molar-refractivity contribution is 5.39. The van der Waals surface area contributed by atoms with E-state index in [-0.39, 0.29) is 0 Å². The van der Waals surface area contributed by atoms with Gasteiger partial charge in [-0.15, -0.1) is 0 Å². The molecule has 21 heavy (non-hydrogen) atoms. The minimum absolute atomic E-state index is 0.660. The lowest BCUT2D eigenvalue weighted by molar-refractivity contribution is 0.0853. The fourth-order valence-corrected chi connectivity index (χ4v) is 3.65. The first-order valence-electron chi connectivity index (χ1n) is 8.32. The molecular weight excluding hydrogens is 262 g/mol. The Morgan fingerprint density at radius 1 is 1.24 bits per heavy atom. The molecule has 1 aromatic carbocycles. The first-order valence-corrected chi connectivity index (χ1v) is 8.32. The molecule has 0 bridgehead atoms. The molecule has 0 aromatic heterocycles. The maximum Gasteiger partial charge on any atom is 0.122 e. The van der Waals surface area contributed by atoms with Crippen molar-refractivity contribution in [3.8, 4) is 5.75 Å². The summed E-state index contributed by atoms with van der Waals surface area (Å²) in [6.45, 7) is 4.12. The van der Waals surface area contributed by atoms with Crippen LogP contribution in [0, 0.1) is 5.92 Å². The SMILES string of the molecule is COc1ccc(C2CCOCC2)cc1CC1CCCNC1. The van der Waals surface area contributed by atoms with E-state index in [1.807, 2.05) is 0 Å². The van der Waals surface area contributed by atoms with Crippen molar-refractivity contribution >= 4 is 0 Å². The highest BCUT2D eigenvalue weighted by Gasteiger charge is 2.20. The van der Waals surface area contributed by atoms with Crippen LogP contribution in [0.25, 0.3) is 0 Å². The standard InChI is InChI=1S/C18H27NO2/c1-20-18-5-4-16(15-6-9-21-10-7-15)12-17(18)11-14-3-2-8-19-13-14/h4-5,12,14-15,19H,2-3,6-11,13H2,1H3. The Labute approximate surface area is 128 Å². The maximum absolute atomic E-state index is 5.58. The van der Waals surface area contributed by atoms with Crippen molar-refractivity contribution in [3.63, 3.8) is 0 Å². The van der Waals surface area contributed by atoms with Gasteiger partial charge in [0.2, 0.25) is 0 Å². The summed E-state index contributed by atoms with van der Waals surface area (Å²) in [6.07, 6.45) is 6.06. The normalized spacial score (nSPS) is 24.0. The summed E-state index contributed by atoms with van der Waals surface area (Å²) in [5.74, 6) is 2.46. The third-order valence-electron chi connectivity index (χ3n) is 4.90. The fourth-order valence-electron chi connectivity index (χ4n) is 3.65. The number of ether oxygens (including phenoxy) is 2. The second-order valence-electron chi connectivity index (χ2n) is 6.37. The van der Waals surface area contributed by atoms with Crippen LogP contribution in [-0.4, -0.2) is 33.4 Å². The van der Waals surface area contributed by atoms with Crippen LogP contribution in [0.5, 0.6) is 5.75 Å². The number of hydrogen-bond acceptors (Lipinski definition) is 3. The summed E-state index contributed by atoms with van der Waals surface area (Å²) in [4.78, 5) is 0. The van der Waals surface area contributed by atoms with Crippen molar-refractivity contribution in [2.45, 2.75) is 38.0 Å². The number of rotatable bonds is 4. The quantitative estimate of drug-likeness (QED) is 0.924. The summed E-state index contributed by atoms with van der Waals surface area (Å²) in [5.41, 5.74) is 2.85. The highest BCUT2D eigenvalue weighted by atomic mass is 16.5. The van der Waals surface area contributed by atoms with Gasteiger partial charge in [0.05, 0.1) is 7.11 Å². The second kappa shape index (κ2) is 7.28. The molecule has 2 saturated heterocycles. The summed E-state index contributed by atoms with van der Waals surface area (Å²) in [7, 11) is 1.78. The van der Waals surface area contributed by atoms with E-state index in [1.165, 1.54) is 30.5 Å². The van der Waals surface area contributed by atoms with Crippen LogP contribution in [0.3, 0.4) is 0 Å². The molecule has 1 unspecified atom stereocenters. The molecule has 3 rings (SSSR count). The van der Waals surface area contributed by atoms with Crippen LogP contribution in [-0.2, 0) is 11.2 Å². The average molecular weight is 289 g/mol. The molecule has 0 spiro atoms. The lowest BCUT2D eigenvalue weighted by Crippen LogP contribution is -2.31. The maximum atomic E-state index is 5.58. The van der Waals surface area contributed by atoms with Crippen molar-refractivity contribution in [2.24, 2.45) is 5.92 Å². The molecule has 2 heterocycles. The Morgan fingerprint density at radius 2 is 2.10 bits per heavy atom. The first kappa shape index (κ1) is 14.9. The molecular formula is C18H27NO2. The third kappa shape index (κ3) is 3.78. The van der Waals surface area contributed by atoms with E-state index in [9.17, 15) is 0 Å². The summed E-state index contributed by atoms with van der Waals surface area (Å²) in [6, 6.07) is 6.80. The first-order chi connectivity index (χ1) is 10.4. The van der Waals surface area contributed by atoms with Crippen LogP contribution in [0.15, 0.2) is 18.2 Å². The molecule has 1 aromatic rings. The van der Waals surface area contributed by atoms with Gasteiger partial charge < -0.3 is 14.8 Å². The zero-order chi connectivity index (χ0) is 14.5. The Kier molecular flexibility index (Phi) is 5.15. The van der Waals surface area contributed by atoms with Crippen molar-refractivity contribution in [2.75, 3.05) is 33.4 Å². The van der Waals surface area contributed by atoms with Crippen LogP contribution in [0.1, 0.15) is 42.7 Å². The van der Waals surface area contributed by atoms with E-state index in [4.69, 9.17) is 9.47 Å². The van der Waals surface area contributed by atoms with E-state index >= 15 is 0 Å². The lowest BCUT2D eigenvalue weighted by Gasteiger charge is -2.26. The zero-order valence-corrected chi connectivity index (χ0v) is 13.1. The van der Waals surface area contributed by atoms with E-state index < -0.39 is 0 Å². The molecule has 0 amide bonds. The van der Waals surface area contributed by atoms with Gasteiger partial charge in [-0.2, -0.15) is 0 Å². The van der Waals surface area contributed by atoms with Crippen LogP contribution in [0.2, 0.25) is 0 Å². The monoisotopic (exact) mass is 289 g/mol. The number of piperidine rings is 1. The largest absolute Gasteiger partial charge is 0.496 e. The highest BCUT2D eigenvalue weighted by Crippen LogP contribution is 2.32. The van der Waals surface area contributed by atoms with Crippen molar-refractivity contribution in [1.82, 2.24) is 5.32 Å². The molecule has 0 saturated carbocycles. The van der Waals surface area contributed by atoms with Crippen molar-refractivity contribution < 1.29 is 9.47 Å². The minimum atomic E-state index is 0.660. The minimum Gasteiger partial charge on any atom is -0.496 e. The average Bonchev–Trinajstić information content (AvgIpc) is 2.56. The number of methoxy groups -OCH3 is 1. The van der Waals surface area contributed by atoms with Gasteiger partial charge in [0.15, 0.2) is 0 Å². The fraction of sp³-hybridized carbons (Fsp3) is 0.667. The van der Waals surface area contributed by atoms with Gasteiger partial charge in [0, 0.05) is 13.2 Å². The number of nitrogens with one attached hydrogen (secondary N) is 1. The van der Waals surface area contributed by atoms with Gasteiger partial charge in [0.1, 0.15) is 5.75 Å². The molecule has 3 heteroatoms. The summed E-state index contributed by atoms with van der Waals surface area (Å²) < 4.78 is 11.1. The lowest BCUT2D eigenvalue weighted by atomic mass is 9.87. The van der Waals surface area contributed by atoms with E-state index in [2.05, 4.69) is 23.5 Å². The Morgan fingerprint density at radius 3 is 2.81 bits per heavy atom. The van der Waals surface area contributed by atoms with Gasteiger partial charge in [0.25, 0.3) is 0 Å². The molecule has 1 atom stereocenters. The Balaban J connectivity index is 1.75. The van der Waals surface area contributed by atoms with Gasteiger partial charge in [-0.05, 0) is 74.2 Å². The van der Waals surface area contributed by atoms with Crippen molar-refractivity contribution in [3.05, 3.63) is 29.3 Å². The van der Waals surface area contributed by atoms with Crippen molar-refractivity contribution in [1.29, 1.82) is 0 Å². The Hall–Kier alpha value is -1.06. The van der Waals surface area contributed by atoms with Crippen LogP contribution >= 0.6 is 0 Å². The number of hydrogen-bond donors (Lipinski definition) is 1. The third-order valence-corrected chi connectivity index (χ3v) is 4.90. The van der Waals surface area contributed by atoms with Gasteiger partial charge in [-0.1, -0.05) is 12.1 Å². The van der Waals surface area contributed by atoms with Crippen LogP contribution in [0.4, 0.5) is 0 Å². The second-order valence-corrected chi connectivity index (χ2v) is 6.37. The molecule has 3 nitrogen and oxygen atoms in total. The predicted molar refractivity (Wildman–Crippen MR) is 85.1 cm³/mol. The summed E-state index contributed by atoms with van der Waals surface area (Å²) >= 11 is 0. The molecule has 2 fully saturated rings. The molecule has 1 N–H and O–H groups in total. The summed E-state index contributed by atoms with van der Waals surface area (Å²) in [5, 5.41) is 3.51. The van der Waals surface area contributed by atoms with Gasteiger partial charge in [-0.25, -0.2) is 0 Å². The van der Waals surface area contributed by atoms with Gasteiger partial charge >= 0.3 is 0 Å². The number of benzene rings is 1. The van der Waals surface area contributed by atoms with E-state index in [1.54, 1.807) is 7.11 Å². The van der Waals surface area contributed by atoms with Crippen LogP contribution < -0.4 is 10.1 Å². The molecule has 2 aliphatic rings. The Bertz CT molecular complexity index is 449. The predicted octanol–water partition coefficient (Wildman–Crippen LogP) is 3.13.